The third kappa shape index (κ3) is 20.7. The fourth-order valence-electron chi connectivity index (χ4n) is 7.14. The molecule has 0 aliphatic rings. The number of carbonyl (C=O) groups excluding carboxylic acids is 1. The number of aromatic nitrogens is 9. The number of alkyl halides is 8. The number of hydrogen-bond donors (Lipinski definition) is 1. The number of benzene rings is 1. The van der Waals surface area contributed by atoms with E-state index in [4.69, 9.17) is 53.8 Å². The van der Waals surface area contributed by atoms with Crippen molar-refractivity contribution in [3.63, 3.8) is 0 Å². The molecule has 22 nitrogen and oxygen atoms in total. The van der Waals surface area contributed by atoms with Crippen LogP contribution in [-0.4, -0.2) is 97.7 Å². The van der Waals surface area contributed by atoms with E-state index in [1.165, 1.54) is 80.0 Å². The molecule has 0 fully saturated rings. The molecule has 0 aliphatic carbocycles. The quantitative estimate of drug-likeness (QED) is 0.0487. The van der Waals surface area contributed by atoms with E-state index in [1.54, 1.807) is 73.2 Å². The number of pyridine rings is 5. The van der Waals surface area contributed by atoms with Crippen molar-refractivity contribution < 1.29 is 89.2 Å². The van der Waals surface area contributed by atoms with Crippen molar-refractivity contribution in [2.24, 2.45) is 0 Å². The van der Waals surface area contributed by atoms with E-state index in [0.717, 1.165) is 14.2 Å². The molecule has 0 saturated carbocycles. The zero-order valence-corrected chi connectivity index (χ0v) is 64.4. The van der Waals surface area contributed by atoms with Gasteiger partial charge in [0.1, 0.15) is 13.9 Å². The molecule has 0 spiro atoms. The van der Waals surface area contributed by atoms with E-state index < -0.39 is 67.0 Å². The number of halogens is 19. The molecule has 0 amide bonds. The molecule has 0 bridgehead atoms. The van der Waals surface area contributed by atoms with Gasteiger partial charge >= 0.3 is 84.3 Å². The Bertz CT molecular complexity index is 4630. The van der Waals surface area contributed by atoms with Crippen molar-refractivity contribution in [3.8, 4) is 23.0 Å². The molecule has 10 aromatic rings. The molecule has 498 valence electrons. The summed E-state index contributed by atoms with van der Waals surface area (Å²) in [7, 11) is -0.00646. The summed E-state index contributed by atoms with van der Waals surface area (Å²) in [6.45, 7) is 0. The Morgan fingerprint density at radius 2 is 1.00 bits per heavy atom. The molecule has 0 unspecified atom stereocenters. The minimum atomic E-state index is -6.22. The second-order valence-corrected chi connectivity index (χ2v) is 36.1. The van der Waals surface area contributed by atoms with Crippen molar-refractivity contribution in [2.75, 3.05) is 40.9 Å². The fraction of sp³-hybridized carbons (Fsp3) is 0.160. The monoisotopic (exact) mass is 2160 g/mol. The summed E-state index contributed by atoms with van der Waals surface area (Å²) < 4.78 is 162. The maximum absolute atomic E-state index is 13.6. The number of carbonyl (C=O) groups is 1. The van der Waals surface area contributed by atoms with Crippen molar-refractivity contribution >= 4 is 217 Å². The van der Waals surface area contributed by atoms with Gasteiger partial charge in [0, 0.05) is 85.4 Å². The van der Waals surface area contributed by atoms with Gasteiger partial charge in [-0.25, -0.2) is 24.7 Å². The van der Waals surface area contributed by atoms with E-state index in [0.29, 0.717) is 57.9 Å². The zero-order valence-electron chi connectivity index (χ0n) is 46.0. The number of esters is 1. The number of methoxy groups -OCH3 is 5. The zero-order chi connectivity index (χ0) is 68.5. The van der Waals surface area contributed by atoms with Gasteiger partial charge in [-0.1, -0.05) is 44.8 Å². The van der Waals surface area contributed by atoms with Crippen molar-refractivity contribution in [1.82, 2.24) is 42.5 Å². The first-order valence-electron chi connectivity index (χ1n) is 23.4. The molecule has 9 heterocycles. The fourth-order valence-corrected chi connectivity index (χ4v) is 8.40. The standard InChI is InChI=1S/C19H13F3N4O2.C10H6ClF3N2O2.C9H6ClIN2O2.C9H7ClN2O2.C3H3F3O4S.I3.I2.HI/c1-28-14-5-3-9-26-17(14)25-16(15(18(26)27)19(20,21)22)24-12-6-7-13-11(10-12)4-2-8-23-13;1-18-5-3-2-4-16-8(5)15-7(11)6(9(16)17)10(12,13)14;1-15-5-3-2-4-13-8(5)12-7(10)6(11)9(13)14;1-14-6-3-2-4-12-8(13)5-7(10)11-9(6)12;1-10-2(7)3(4,5)11(6,8)9;1-3-2;1-2;/h2-10,24H,1H3;2-4H,1H3;2-4H,1H3;2-5H,1H3;1H3;;;1H/q;;;;;-1;;. The van der Waals surface area contributed by atoms with Crippen LogP contribution in [0.3, 0.4) is 0 Å². The first-order valence-corrected chi connectivity index (χ1v) is 45.9. The minimum absolute atomic E-state index is 0. The molecule has 10 rings (SSSR count). The van der Waals surface area contributed by atoms with Crippen LogP contribution in [0, 0.1) is 3.57 Å². The van der Waals surface area contributed by atoms with E-state index in [-0.39, 0.29) is 68.2 Å². The Hall–Kier alpha value is -4.16. The van der Waals surface area contributed by atoms with E-state index in [1.807, 2.05) is 22.6 Å². The van der Waals surface area contributed by atoms with Crippen LogP contribution in [0.15, 0.2) is 135 Å². The molecule has 42 heteroatoms. The molecule has 0 saturated heterocycles. The number of nitrogens with zero attached hydrogens (tertiary/aromatic N) is 9. The van der Waals surface area contributed by atoms with Gasteiger partial charge in [-0.3, -0.25) is 41.8 Å². The molecule has 0 aliphatic heterocycles. The summed E-state index contributed by atoms with van der Waals surface area (Å²) in [4.78, 5) is 77.3. The SMILES string of the molecule is COC(=O)C(F)(F)S(=O)(=O)F.COc1cccn2c(=O)c(C(F)(F)F)c(Cl)nc12.COc1cccn2c(=O)c(C(F)(F)F)c(Nc3ccc4ncccc4c3)nc12.COc1cccn2c(=O)c(I)c(Cl)nc12.COc1cccn2c(=O)cc(Cl)nc12.I.II.I[I-]I. The van der Waals surface area contributed by atoms with Crippen LogP contribution in [0.5, 0.6) is 23.0 Å². The van der Waals surface area contributed by atoms with Gasteiger partial charge in [-0.15, -0.1) is 24.0 Å². The predicted octanol–water partition coefficient (Wildman–Crippen LogP) is 10.9. The second-order valence-electron chi connectivity index (χ2n) is 16.3. The molecule has 1 N–H and O–H groups in total. The number of anilines is 2. The molecular weight excluding hydrogens is 2130 g/mol. The van der Waals surface area contributed by atoms with Crippen LogP contribution in [0.4, 0.5) is 50.5 Å². The average Bonchev–Trinajstić information content (AvgIpc) is 0.799. The summed E-state index contributed by atoms with van der Waals surface area (Å²) in [5.41, 5.74) is -4.01. The Morgan fingerprint density at radius 1 is 0.587 bits per heavy atom. The third-order valence-electron chi connectivity index (χ3n) is 11.0. The predicted molar refractivity (Wildman–Crippen MR) is 373 cm³/mol. The van der Waals surface area contributed by atoms with Crippen molar-refractivity contribution in [2.45, 2.75) is 17.6 Å². The van der Waals surface area contributed by atoms with Crippen LogP contribution in [-0.2, 0) is 32.1 Å². The number of fused-ring (bicyclic) bond motifs is 5. The van der Waals surface area contributed by atoms with E-state index >= 15 is 0 Å². The van der Waals surface area contributed by atoms with Gasteiger partial charge in [0.15, 0.2) is 67.7 Å². The van der Waals surface area contributed by atoms with Crippen LogP contribution >= 0.6 is 156 Å². The van der Waals surface area contributed by atoms with Crippen LogP contribution < -0.4 is 59.8 Å². The number of rotatable bonds is 8. The van der Waals surface area contributed by atoms with Crippen molar-refractivity contribution in [3.05, 3.63) is 187 Å². The maximum atomic E-state index is 13.6. The molecule has 92 heavy (non-hydrogen) atoms. The molecular formula is C50H36Cl3F9I7N10O12S-. The van der Waals surface area contributed by atoms with Crippen LogP contribution in [0.1, 0.15) is 11.1 Å². The molecule has 0 atom stereocenters. The number of nitrogens with one attached hydrogen (secondary N) is 1. The van der Waals surface area contributed by atoms with Crippen LogP contribution in [0.2, 0.25) is 15.5 Å². The second kappa shape index (κ2) is 36.8. The van der Waals surface area contributed by atoms with Gasteiger partial charge < -0.3 is 29.0 Å². The summed E-state index contributed by atoms with van der Waals surface area (Å²) in [6, 6.07) is 22.3. The normalized spacial score (nSPS) is 11.0. The van der Waals surface area contributed by atoms with Gasteiger partial charge in [0.05, 0.1) is 41.1 Å². The van der Waals surface area contributed by atoms with Crippen molar-refractivity contribution in [1.29, 1.82) is 0 Å². The van der Waals surface area contributed by atoms with Gasteiger partial charge in [0.25, 0.3) is 22.2 Å². The summed E-state index contributed by atoms with van der Waals surface area (Å²) in [6.07, 6.45) is -2.50. The third-order valence-corrected chi connectivity index (χ3v) is 13.8. The van der Waals surface area contributed by atoms with Crippen LogP contribution in [0.25, 0.3) is 33.5 Å². The molecule has 9 aromatic heterocycles. The number of ether oxygens (including phenoxy) is 5. The summed E-state index contributed by atoms with van der Waals surface area (Å²) in [5, 5.41) is -2.28. The first kappa shape index (κ1) is 82.1. The topological polar surface area (TPSA) is 260 Å². The Morgan fingerprint density at radius 3 is 1.42 bits per heavy atom. The Kier molecular flexibility index (Phi) is 32.8. The van der Waals surface area contributed by atoms with Gasteiger partial charge in [-0.05, 0) is 95.4 Å². The van der Waals surface area contributed by atoms with E-state index in [2.05, 4.69) is 109 Å². The Labute approximate surface area is 609 Å². The molecule has 0 radical (unpaired) electrons. The summed E-state index contributed by atoms with van der Waals surface area (Å²) in [5.74, 6) is -1.66. The van der Waals surface area contributed by atoms with Gasteiger partial charge in [-0.2, -0.15) is 43.5 Å². The Balaban J connectivity index is 0.000000305. The summed E-state index contributed by atoms with van der Waals surface area (Å²) >= 11 is 28.3. The van der Waals surface area contributed by atoms with E-state index in [9.17, 15) is 71.4 Å². The molecule has 1 aromatic carbocycles. The average molecular weight is 2170 g/mol. The first-order chi connectivity index (χ1) is 42.8. The number of hydrogen-bond acceptors (Lipinski definition) is 18. The van der Waals surface area contributed by atoms with Gasteiger partial charge in [0.2, 0.25) is 0 Å².